The van der Waals surface area contributed by atoms with Crippen LogP contribution in [0.25, 0.3) is 10.4 Å². The average Bonchev–Trinajstić information content (AvgIpc) is 2.51. The molecule has 1 aromatic carbocycles. The molecule has 0 saturated carbocycles. The van der Waals surface area contributed by atoms with Gasteiger partial charge < -0.3 is 14.6 Å². The Hall–Kier alpha value is -1.59. The number of benzene rings is 1. The summed E-state index contributed by atoms with van der Waals surface area (Å²) >= 11 is 0. The average molecular weight is 291 g/mol. The van der Waals surface area contributed by atoms with Crippen molar-refractivity contribution in [2.24, 2.45) is 11.0 Å². The van der Waals surface area contributed by atoms with Crippen LogP contribution in [0, 0.1) is 5.92 Å². The van der Waals surface area contributed by atoms with E-state index in [0.717, 1.165) is 5.56 Å². The highest BCUT2D eigenvalue weighted by atomic mass is 16.5. The molecule has 0 aromatic heterocycles. The zero-order chi connectivity index (χ0) is 15.2. The first-order chi connectivity index (χ1) is 10.2. The first-order valence-corrected chi connectivity index (χ1v) is 7.13. The largest absolute Gasteiger partial charge is 0.394 e. The summed E-state index contributed by atoms with van der Waals surface area (Å²) in [5, 5.41) is 13.2. The van der Waals surface area contributed by atoms with Crippen LogP contribution in [0.4, 0.5) is 0 Å². The summed E-state index contributed by atoms with van der Waals surface area (Å²) in [6.07, 6.45) is -0.858. The Morgan fingerprint density at radius 1 is 1.33 bits per heavy atom. The predicted molar refractivity (Wildman–Crippen MR) is 78.5 cm³/mol. The number of hydrogen-bond acceptors (Lipinski definition) is 4. The van der Waals surface area contributed by atoms with E-state index >= 15 is 0 Å². The second-order valence-electron chi connectivity index (χ2n) is 5.38. The standard InChI is InChI=1S/C15H21N3O3/c1-10-13(8-19)21-11(2)14(17-18-16)15(10)20-9-12-6-4-3-5-7-12/h3-7,10-11,13-15,19H,8-9H2,1-2H3/t10?,11?,13?,14-,15-/m1/s1. The number of rotatable bonds is 5. The molecule has 5 atom stereocenters. The molecule has 6 nitrogen and oxygen atoms in total. The summed E-state index contributed by atoms with van der Waals surface area (Å²) < 4.78 is 11.7. The van der Waals surface area contributed by atoms with Gasteiger partial charge in [-0.05, 0) is 18.0 Å². The van der Waals surface area contributed by atoms with Crippen LogP contribution in [0.1, 0.15) is 19.4 Å². The number of aliphatic hydroxyl groups is 1. The maximum atomic E-state index is 9.41. The zero-order valence-corrected chi connectivity index (χ0v) is 12.3. The third kappa shape index (κ3) is 3.74. The highest BCUT2D eigenvalue weighted by Crippen LogP contribution is 2.30. The second-order valence-corrected chi connectivity index (χ2v) is 5.38. The molecule has 6 heteroatoms. The summed E-state index contributed by atoms with van der Waals surface area (Å²) in [6.45, 7) is 4.16. The minimum atomic E-state index is -0.392. The van der Waals surface area contributed by atoms with Gasteiger partial charge in [0.1, 0.15) is 0 Å². The van der Waals surface area contributed by atoms with E-state index in [2.05, 4.69) is 10.0 Å². The number of hydrogen-bond donors (Lipinski definition) is 1. The van der Waals surface area contributed by atoms with Crippen molar-refractivity contribution < 1.29 is 14.6 Å². The highest BCUT2D eigenvalue weighted by molar-refractivity contribution is 5.13. The summed E-state index contributed by atoms with van der Waals surface area (Å²) in [5.74, 6) is -0.0505. The normalized spacial score (nSPS) is 32.4. The Labute approximate surface area is 124 Å². The molecule has 1 aliphatic rings. The minimum absolute atomic E-state index is 0.0505. The molecule has 1 heterocycles. The van der Waals surface area contributed by atoms with Crippen LogP contribution < -0.4 is 0 Å². The van der Waals surface area contributed by atoms with Crippen molar-refractivity contribution in [3.63, 3.8) is 0 Å². The van der Waals surface area contributed by atoms with Crippen molar-refractivity contribution in [2.45, 2.75) is 44.8 Å². The Morgan fingerprint density at radius 3 is 2.67 bits per heavy atom. The fourth-order valence-corrected chi connectivity index (χ4v) is 2.72. The van der Waals surface area contributed by atoms with E-state index in [4.69, 9.17) is 15.0 Å². The third-order valence-electron chi connectivity index (χ3n) is 3.96. The van der Waals surface area contributed by atoms with Gasteiger partial charge in [-0.3, -0.25) is 0 Å². The van der Waals surface area contributed by atoms with E-state index in [-0.39, 0.29) is 30.8 Å². The Kier molecular flexibility index (Phi) is 5.59. The van der Waals surface area contributed by atoms with Gasteiger partial charge in [-0.15, -0.1) is 0 Å². The molecule has 1 aliphatic heterocycles. The predicted octanol–water partition coefficient (Wildman–Crippen LogP) is 2.67. The minimum Gasteiger partial charge on any atom is -0.394 e. The molecule has 3 unspecified atom stereocenters. The van der Waals surface area contributed by atoms with Gasteiger partial charge in [0.2, 0.25) is 0 Å². The molecule has 1 N–H and O–H groups in total. The maximum absolute atomic E-state index is 9.41. The van der Waals surface area contributed by atoms with Crippen molar-refractivity contribution in [3.8, 4) is 0 Å². The van der Waals surface area contributed by atoms with Crippen LogP contribution in [0.2, 0.25) is 0 Å². The van der Waals surface area contributed by atoms with Crippen LogP contribution >= 0.6 is 0 Å². The number of ether oxygens (including phenoxy) is 2. The fourth-order valence-electron chi connectivity index (χ4n) is 2.72. The lowest BCUT2D eigenvalue weighted by Gasteiger charge is -2.42. The lowest BCUT2D eigenvalue weighted by molar-refractivity contribution is -0.169. The van der Waals surface area contributed by atoms with Crippen LogP contribution in [-0.2, 0) is 16.1 Å². The van der Waals surface area contributed by atoms with E-state index in [0.29, 0.717) is 6.61 Å². The second kappa shape index (κ2) is 7.43. The molecule has 1 aromatic rings. The van der Waals surface area contributed by atoms with Gasteiger partial charge >= 0.3 is 0 Å². The van der Waals surface area contributed by atoms with E-state index in [9.17, 15) is 5.11 Å². The van der Waals surface area contributed by atoms with E-state index in [1.807, 2.05) is 44.2 Å². The Balaban J connectivity index is 2.11. The molecule has 114 valence electrons. The number of aliphatic hydroxyl groups excluding tert-OH is 1. The van der Waals surface area contributed by atoms with Gasteiger partial charge in [-0.25, -0.2) is 0 Å². The van der Waals surface area contributed by atoms with Gasteiger partial charge in [0.15, 0.2) is 0 Å². The van der Waals surface area contributed by atoms with Crippen molar-refractivity contribution >= 4 is 0 Å². The lowest BCUT2D eigenvalue weighted by Crippen LogP contribution is -2.53. The van der Waals surface area contributed by atoms with Crippen molar-refractivity contribution in [1.29, 1.82) is 0 Å². The molecule has 0 aliphatic carbocycles. The van der Waals surface area contributed by atoms with Gasteiger partial charge in [-0.1, -0.05) is 42.4 Å². The van der Waals surface area contributed by atoms with Gasteiger partial charge in [0.25, 0.3) is 0 Å². The van der Waals surface area contributed by atoms with E-state index < -0.39 is 6.04 Å². The topological polar surface area (TPSA) is 87.5 Å². The molecule has 1 fully saturated rings. The quantitative estimate of drug-likeness (QED) is 0.514. The van der Waals surface area contributed by atoms with Crippen LogP contribution in [0.3, 0.4) is 0 Å². The molecule has 0 amide bonds. The summed E-state index contributed by atoms with van der Waals surface area (Å²) in [4.78, 5) is 2.90. The Morgan fingerprint density at radius 2 is 2.05 bits per heavy atom. The summed E-state index contributed by atoms with van der Waals surface area (Å²) in [7, 11) is 0. The molecule has 0 spiro atoms. The monoisotopic (exact) mass is 291 g/mol. The first-order valence-electron chi connectivity index (χ1n) is 7.13. The van der Waals surface area contributed by atoms with Crippen molar-refractivity contribution in [2.75, 3.05) is 6.61 Å². The molecular weight excluding hydrogens is 270 g/mol. The zero-order valence-electron chi connectivity index (χ0n) is 12.3. The molecule has 0 bridgehead atoms. The molecule has 0 radical (unpaired) electrons. The van der Waals surface area contributed by atoms with Crippen LogP contribution in [0.5, 0.6) is 0 Å². The summed E-state index contributed by atoms with van der Waals surface area (Å²) in [5.41, 5.74) is 9.81. The lowest BCUT2D eigenvalue weighted by atomic mass is 9.87. The number of azide groups is 1. The van der Waals surface area contributed by atoms with Crippen molar-refractivity contribution in [3.05, 3.63) is 46.3 Å². The van der Waals surface area contributed by atoms with Gasteiger partial charge in [0.05, 0.1) is 37.6 Å². The van der Waals surface area contributed by atoms with Crippen LogP contribution in [-0.4, -0.2) is 36.1 Å². The first kappa shape index (κ1) is 15.8. The third-order valence-corrected chi connectivity index (χ3v) is 3.96. The number of nitrogens with zero attached hydrogens (tertiary/aromatic N) is 3. The molecule has 21 heavy (non-hydrogen) atoms. The van der Waals surface area contributed by atoms with E-state index in [1.165, 1.54) is 0 Å². The fraction of sp³-hybridized carbons (Fsp3) is 0.600. The smallest absolute Gasteiger partial charge is 0.0899 e. The Bertz CT molecular complexity index is 490. The van der Waals surface area contributed by atoms with Gasteiger partial charge in [-0.2, -0.15) is 0 Å². The SMILES string of the molecule is CC1OC(CO)C(C)[C@@H](OCc2ccccc2)[C@@H]1N=[N+]=[N-]. The van der Waals surface area contributed by atoms with Crippen molar-refractivity contribution in [1.82, 2.24) is 0 Å². The maximum Gasteiger partial charge on any atom is 0.0899 e. The molecule has 1 saturated heterocycles. The van der Waals surface area contributed by atoms with Gasteiger partial charge in [0, 0.05) is 10.8 Å². The molecular formula is C15H21N3O3. The summed E-state index contributed by atoms with van der Waals surface area (Å²) in [6, 6.07) is 9.44. The highest BCUT2D eigenvalue weighted by Gasteiger charge is 2.41. The van der Waals surface area contributed by atoms with Crippen LogP contribution in [0.15, 0.2) is 35.4 Å². The molecule has 2 rings (SSSR count). The van der Waals surface area contributed by atoms with E-state index in [1.54, 1.807) is 0 Å².